The molecule has 1 unspecified atom stereocenters. The van der Waals surface area contributed by atoms with E-state index in [9.17, 15) is 4.79 Å². The fourth-order valence-corrected chi connectivity index (χ4v) is 3.84. The van der Waals surface area contributed by atoms with Gasteiger partial charge >= 0.3 is 0 Å². The third-order valence-electron chi connectivity index (χ3n) is 4.53. The minimum absolute atomic E-state index is 0. The number of nitrogens with zero attached hydrogens (tertiary/aromatic N) is 1. The van der Waals surface area contributed by atoms with Crippen molar-refractivity contribution >= 4 is 41.5 Å². The molecule has 0 aromatic heterocycles. The molecule has 0 spiro atoms. The van der Waals surface area contributed by atoms with E-state index in [1.165, 1.54) is 12.0 Å². The van der Waals surface area contributed by atoms with E-state index >= 15 is 0 Å². The van der Waals surface area contributed by atoms with Crippen LogP contribution in [0.1, 0.15) is 30.4 Å². The Morgan fingerprint density at radius 2 is 2.18 bits per heavy atom. The van der Waals surface area contributed by atoms with E-state index in [-0.39, 0.29) is 18.3 Å². The van der Waals surface area contributed by atoms with E-state index in [0.29, 0.717) is 28.9 Å². The predicted octanol–water partition coefficient (Wildman–Crippen LogP) is 3.69. The molecule has 3 rings (SSSR count). The van der Waals surface area contributed by atoms with Gasteiger partial charge in [-0.1, -0.05) is 23.2 Å². The summed E-state index contributed by atoms with van der Waals surface area (Å²) in [6.45, 7) is 3.53. The fourth-order valence-electron chi connectivity index (χ4n) is 3.24. The number of nitrogens with one attached hydrogen (secondary N) is 1. The number of halogens is 3. The van der Waals surface area contributed by atoms with Crippen molar-refractivity contribution in [2.45, 2.75) is 32.2 Å². The van der Waals surface area contributed by atoms with Gasteiger partial charge in [-0.25, -0.2) is 0 Å². The third kappa shape index (κ3) is 4.08. The quantitative estimate of drug-likeness (QED) is 0.888. The van der Waals surface area contributed by atoms with Crippen molar-refractivity contribution in [3.8, 4) is 0 Å². The molecule has 0 radical (unpaired) electrons. The van der Waals surface area contributed by atoms with Gasteiger partial charge in [0.25, 0.3) is 0 Å². The zero-order valence-corrected chi connectivity index (χ0v) is 14.7. The van der Waals surface area contributed by atoms with Gasteiger partial charge in [-0.05, 0) is 61.5 Å². The Balaban J connectivity index is 0.00000176. The van der Waals surface area contributed by atoms with Crippen LogP contribution < -0.4 is 5.32 Å². The monoisotopic (exact) mass is 362 g/mol. The Kier molecular flexibility index (Phi) is 6.39. The topological polar surface area (TPSA) is 32.3 Å². The lowest BCUT2D eigenvalue weighted by Crippen LogP contribution is -2.36. The summed E-state index contributed by atoms with van der Waals surface area (Å²) < 4.78 is 0. The van der Waals surface area contributed by atoms with Gasteiger partial charge in [0.15, 0.2) is 0 Å². The standard InChI is InChI=1S/C16H20Cl2N2O.ClH/c17-13-7-12-4-6-20(10-14(12)15(18)8-13)16(21)2-1-11-3-5-19-9-11;/h7-8,11,19H,1-6,9-10H2;1H. The van der Waals surface area contributed by atoms with Gasteiger partial charge in [0.05, 0.1) is 0 Å². The predicted molar refractivity (Wildman–Crippen MR) is 93.0 cm³/mol. The molecule has 1 fully saturated rings. The summed E-state index contributed by atoms with van der Waals surface area (Å²) in [4.78, 5) is 14.3. The van der Waals surface area contributed by atoms with Crippen LogP contribution in [0.4, 0.5) is 0 Å². The molecule has 6 heteroatoms. The molecule has 0 saturated carbocycles. The molecule has 1 saturated heterocycles. The van der Waals surface area contributed by atoms with Gasteiger partial charge in [-0.3, -0.25) is 4.79 Å². The number of carbonyl (C=O) groups excluding carboxylic acids is 1. The molecule has 1 aromatic carbocycles. The SMILES string of the molecule is Cl.O=C(CCC1CCNC1)N1CCc2cc(Cl)cc(Cl)c2C1. The summed E-state index contributed by atoms with van der Waals surface area (Å²) >= 11 is 12.3. The van der Waals surface area contributed by atoms with E-state index < -0.39 is 0 Å². The maximum atomic E-state index is 12.4. The Labute approximate surface area is 147 Å². The largest absolute Gasteiger partial charge is 0.338 e. The van der Waals surface area contributed by atoms with Crippen LogP contribution in [-0.4, -0.2) is 30.4 Å². The van der Waals surface area contributed by atoms with Crippen molar-refractivity contribution in [1.29, 1.82) is 0 Å². The zero-order valence-electron chi connectivity index (χ0n) is 12.4. The lowest BCUT2D eigenvalue weighted by molar-refractivity contribution is -0.132. The molecule has 2 aliphatic heterocycles. The Morgan fingerprint density at radius 3 is 2.91 bits per heavy atom. The first-order chi connectivity index (χ1) is 10.1. The van der Waals surface area contributed by atoms with Gasteiger partial charge in [-0.2, -0.15) is 0 Å². The van der Waals surface area contributed by atoms with Gasteiger partial charge in [-0.15, -0.1) is 12.4 Å². The van der Waals surface area contributed by atoms with Gasteiger partial charge in [0.1, 0.15) is 0 Å². The third-order valence-corrected chi connectivity index (χ3v) is 5.09. The van der Waals surface area contributed by atoms with Gasteiger partial charge < -0.3 is 10.2 Å². The van der Waals surface area contributed by atoms with Crippen molar-refractivity contribution in [1.82, 2.24) is 10.2 Å². The van der Waals surface area contributed by atoms with Gasteiger partial charge in [0, 0.05) is 29.6 Å². The first kappa shape index (κ1) is 17.9. The normalized spacial score (nSPS) is 20.5. The Bertz CT molecular complexity index is 544. The number of hydrogen-bond acceptors (Lipinski definition) is 2. The smallest absolute Gasteiger partial charge is 0.222 e. The van der Waals surface area contributed by atoms with Crippen molar-refractivity contribution in [3.63, 3.8) is 0 Å². The highest BCUT2D eigenvalue weighted by Crippen LogP contribution is 2.30. The average molecular weight is 364 g/mol. The lowest BCUT2D eigenvalue weighted by atomic mass is 9.98. The first-order valence-corrected chi connectivity index (χ1v) is 8.34. The molecule has 2 heterocycles. The second kappa shape index (κ2) is 7.87. The molecule has 3 nitrogen and oxygen atoms in total. The molecule has 0 bridgehead atoms. The number of benzene rings is 1. The molecule has 2 aliphatic rings. The number of amides is 1. The molecule has 1 atom stereocenters. The Morgan fingerprint density at radius 1 is 1.36 bits per heavy atom. The van der Waals surface area contributed by atoms with Crippen LogP contribution in [-0.2, 0) is 17.8 Å². The second-order valence-corrected chi connectivity index (χ2v) is 6.83. The van der Waals surface area contributed by atoms with Crippen molar-refractivity contribution in [2.24, 2.45) is 5.92 Å². The van der Waals surface area contributed by atoms with Crippen LogP contribution >= 0.6 is 35.6 Å². The van der Waals surface area contributed by atoms with Crippen molar-refractivity contribution in [3.05, 3.63) is 33.3 Å². The van der Waals surface area contributed by atoms with E-state index in [1.54, 1.807) is 6.07 Å². The maximum Gasteiger partial charge on any atom is 0.222 e. The molecule has 1 N–H and O–H groups in total. The number of hydrogen-bond donors (Lipinski definition) is 1. The molecule has 1 amide bonds. The van der Waals surface area contributed by atoms with Crippen molar-refractivity contribution in [2.75, 3.05) is 19.6 Å². The van der Waals surface area contributed by atoms with E-state index in [0.717, 1.165) is 38.0 Å². The zero-order chi connectivity index (χ0) is 14.8. The summed E-state index contributed by atoms with van der Waals surface area (Å²) in [5.41, 5.74) is 2.24. The maximum absolute atomic E-state index is 12.4. The number of rotatable bonds is 3. The van der Waals surface area contributed by atoms with E-state index in [1.807, 2.05) is 11.0 Å². The second-order valence-electron chi connectivity index (χ2n) is 5.99. The van der Waals surface area contributed by atoms with E-state index in [4.69, 9.17) is 23.2 Å². The number of carbonyl (C=O) groups is 1. The summed E-state index contributed by atoms with van der Waals surface area (Å²) in [5, 5.41) is 4.70. The average Bonchev–Trinajstić information content (AvgIpc) is 2.97. The lowest BCUT2D eigenvalue weighted by Gasteiger charge is -2.30. The van der Waals surface area contributed by atoms with Crippen LogP contribution in [0.3, 0.4) is 0 Å². The number of fused-ring (bicyclic) bond motifs is 1. The highest BCUT2D eigenvalue weighted by molar-refractivity contribution is 6.35. The van der Waals surface area contributed by atoms with Crippen LogP contribution in [0.25, 0.3) is 0 Å². The molecular weight excluding hydrogens is 343 g/mol. The Hall–Kier alpha value is -0.480. The van der Waals surface area contributed by atoms with Crippen molar-refractivity contribution < 1.29 is 4.79 Å². The molecule has 1 aromatic rings. The first-order valence-electron chi connectivity index (χ1n) is 7.59. The molecule has 0 aliphatic carbocycles. The summed E-state index contributed by atoms with van der Waals surface area (Å²) in [6, 6.07) is 3.73. The summed E-state index contributed by atoms with van der Waals surface area (Å²) in [5.74, 6) is 0.909. The van der Waals surface area contributed by atoms with E-state index in [2.05, 4.69) is 5.32 Å². The molecule has 22 heavy (non-hydrogen) atoms. The van der Waals surface area contributed by atoms with Gasteiger partial charge in [0.2, 0.25) is 5.91 Å². The molecular formula is C16H21Cl3N2O. The molecule has 122 valence electrons. The minimum Gasteiger partial charge on any atom is -0.338 e. The van der Waals surface area contributed by atoms with Crippen LogP contribution in [0.5, 0.6) is 0 Å². The fraction of sp³-hybridized carbons (Fsp3) is 0.562. The summed E-state index contributed by atoms with van der Waals surface area (Å²) in [6.07, 6.45) is 3.67. The van der Waals surface area contributed by atoms with Crippen LogP contribution in [0, 0.1) is 5.92 Å². The highest BCUT2D eigenvalue weighted by atomic mass is 35.5. The highest BCUT2D eigenvalue weighted by Gasteiger charge is 2.24. The minimum atomic E-state index is 0. The van der Waals surface area contributed by atoms with Crippen LogP contribution in [0.15, 0.2) is 12.1 Å². The summed E-state index contributed by atoms with van der Waals surface area (Å²) in [7, 11) is 0. The van der Waals surface area contributed by atoms with Crippen LogP contribution in [0.2, 0.25) is 10.0 Å².